The highest BCUT2D eigenvalue weighted by atomic mass is 32.2. The summed E-state index contributed by atoms with van der Waals surface area (Å²) in [5, 5.41) is 6.57. The molecule has 4 heterocycles. The van der Waals surface area contributed by atoms with Gasteiger partial charge in [0.05, 0.1) is 22.5 Å². The number of imidazole rings is 1. The van der Waals surface area contributed by atoms with E-state index in [2.05, 4.69) is 36.1 Å². The monoisotopic (exact) mass is 879 g/mol. The number of nitrogens with one attached hydrogen (secondary N) is 3. The molecular formula is C44H61N7O8S2. The Morgan fingerprint density at radius 3 is 2.46 bits per heavy atom. The quantitative estimate of drug-likeness (QED) is 0.193. The third-order valence-corrected chi connectivity index (χ3v) is 15.4. The standard InChI is InChI=1S/C44H61N7O8S2/c1-25(2)34-27(5)60-37(46-34)30-17-15-19-32-35(30)47-40(51(32)26(3)4)58-29-22-33-36(52)48-44(39(54)49-61(56,57)43(9)20-21-43)23-28(44)16-13-11-10-12-14-18-31(38(53)50(33)24-29)45-41(55)59-42(6,7)8/h13,15-17,19,25-26,28-29,31,33H,10-12,14,18,20-24H2,1-9H3,(H,45,55)(H,48,52)(H,49,54)/b16-13-/t28-,29-,31+,33+,44-/m1/s1. The maximum absolute atomic E-state index is 14.7. The summed E-state index contributed by atoms with van der Waals surface area (Å²) in [4.78, 5) is 69.1. The topological polar surface area (TPSA) is 191 Å². The Balaban J connectivity index is 1.23. The van der Waals surface area contributed by atoms with Crippen LogP contribution in [-0.4, -0.2) is 92.3 Å². The second-order valence-corrected chi connectivity index (χ2v) is 22.4. The molecule has 1 aromatic carbocycles. The summed E-state index contributed by atoms with van der Waals surface area (Å²) < 4.78 is 42.1. The number of nitrogens with zero attached hydrogens (tertiary/aromatic N) is 4. The van der Waals surface area contributed by atoms with E-state index in [9.17, 15) is 27.6 Å². The lowest BCUT2D eigenvalue weighted by Crippen LogP contribution is -2.58. The number of hydrogen-bond acceptors (Lipinski definition) is 11. The van der Waals surface area contributed by atoms with Crippen LogP contribution < -0.4 is 20.1 Å². The van der Waals surface area contributed by atoms with Gasteiger partial charge in [-0.05, 0) is 105 Å². The van der Waals surface area contributed by atoms with E-state index in [4.69, 9.17) is 19.4 Å². The van der Waals surface area contributed by atoms with Gasteiger partial charge in [-0.25, -0.2) is 18.2 Å². The largest absolute Gasteiger partial charge is 0.459 e. The molecule has 3 fully saturated rings. The predicted molar refractivity (Wildman–Crippen MR) is 234 cm³/mol. The van der Waals surface area contributed by atoms with Gasteiger partial charge in [-0.1, -0.05) is 44.9 Å². The van der Waals surface area contributed by atoms with Crippen LogP contribution in [-0.2, 0) is 29.1 Å². The number of aromatic nitrogens is 3. The third kappa shape index (κ3) is 9.18. The minimum Gasteiger partial charge on any atom is -0.459 e. The summed E-state index contributed by atoms with van der Waals surface area (Å²) in [5.41, 5.74) is 1.14. The van der Waals surface area contributed by atoms with Crippen LogP contribution in [0.4, 0.5) is 4.79 Å². The predicted octanol–water partition coefficient (Wildman–Crippen LogP) is 6.81. The number of aryl methyl sites for hydroxylation is 1. The molecule has 0 radical (unpaired) electrons. The lowest BCUT2D eigenvalue weighted by Gasteiger charge is -2.30. The van der Waals surface area contributed by atoms with E-state index >= 15 is 0 Å². The van der Waals surface area contributed by atoms with Crippen molar-refractivity contribution < 1.29 is 37.1 Å². The molecule has 2 aliphatic heterocycles. The van der Waals surface area contributed by atoms with Gasteiger partial charge in [0.1, 0.15) is 39.9 Å². The zero-order valence-electron chi connectivity index (χ0n) is 36.8. The molecule has 4 aliphatic rings. The van der Waals surface area contributed by atoms with Gasteiger partial charge < -0.3 is 25.0 Å². The molecular weight excluding hydrogens is 819 g/mol. The van der Waals surface area contributed by atoms with Gasteiger partial charge in [-0.2, -0.15) is 4.98 Å². The number of fused-ring (bicyclic) bond motifs is 3. The summed E-state index contributed by atoms with van der Waals surface area (Å²) in [6.45, 7) is 17.2. The molecule has 0 spiro atoms. The van der Waals surface area contributed by atoms with Crippen molar-refractivity contribution >= 4 is 56.2 Å². The first kappa shape index (κ1) is 44.5. The molecule has 2 aromatic heterocycles. The molecule has 61 heavy (non-hydrogen) atoms. The number of alkyl carbamates (subject to hydrolysis) is 1. The van der Waals surface area contributed by atoms with Crippen LogP contribution in [0.3, 0.4) is 0 Å². The van der Waals surface area contributed by atoms with Crippen LogP contribution in [0.1, 0.15) is 136 Å². The van der Waals surface area contributed by atoms with Crippen molar-refractivity contribution in [2.24, 2.45) is 5.92 Å². The molecule has 2 aliphatic carbocycles. The molecule has 0 unspecified atom stereocenters. The average molecular weight is 880 g/mol. The molecule has 3 aromatic rings. The number of carbonyl (C=O) groups is 4. The Bertz CT molecular complexity index is 2340. The fourth-order valence-electron chi connectivity index (χ4n) is 8.45. The molecule has 2 saturated carbocycles. The minimum absolute atomic E-state index is 0.0176. The molecule has 0 bridgehead atoms. The van der Waals surface area contributed by atoms with Crippen LogP contribution in [0, 0.1) is 12.8 Å². The van der Waals surface area contributed by atoms with E-state index in [0.717, 1.165) is 39.5 Å². The Kier molecular flexibility index (Phi) is 12.2. The van der Waals surface area contributed by atoms with Gasteiger partial charge in [-0.3, -0.25) is 23.7 Å². The van der Waals surface area contributed by atoms with E-state index in [0.29, 0.717) is 43.6 Å². The Morgan fingerprint density at radius 1 is 1.07 bits per heavy atom. The number of hydrogen-bond donors (Lipinski definition) is 3. The van der Waals surface area contributed by atoms with Crippen molar-refractivity contribution in [1.82, 2.24) is 34.8 Å². The van der Waals surface area contributed by atoms with Crippen molar-refractivity contribution in [3.8, 4) is 16.6 Å². The van der Waals surface area contributed by atoms with Crippen molar-refractivity contribution in [2.45, 2.75) is 166 Å². The number of carbonyl (C=O) groups excluding carboxylic acids is 4. The smallest absolute Gasteiger partial charge is 0.408 e. The number of benzene rings is 1. The van der Waals surface area contributed by atoms with Crippen LogP contribution in [0.25, 0.3) is 21.6 Å². The number of rotatable bonds is 9. The molecule has 5 atom stereocenters. The molecule has 17 heteroatoms. The number of allylic oxidation sites excluding steroid dienone is 1. The number of ether oxygens (including phenoxy) is 2. The molecule has 7 rings (SSSR count). The summed E-state index contributed by atoms with van der Waals surface area (Å²) >= 11 is 1.62. The Hall–Kier alpha value is -4.51. The first-order valence-corrected chi connectivity index (χ1v) is 23.9. The van der Waals surface area contributed by atoms with Crippen molar-refractivity contribution in [3.05, 3.63) is 40.9 Å². The van der Waals surface area contributed by atoms with Gasteiger partial charge in [0, 0.05) is 28.8 Å². The summed E-state index contributed by atoms with van der Waals surface area (Å²) in [6.07, 6.45) is 6.66. The number of sulfonamides is 1. The van der Waals surface area contributed by atoms with Crippen LogP contribution >= 0.6 is 11.3 Å². The van der Waals surface area contributed by atoms with E-state index in [1.54, 1.807) is 39.0 Å². The maximum Gasteiger partial charge on any atom is 0.408 e. The lowest BCUT2D eigenvalue weighted by molar-refractivity contribution is -0.141. The Labute approximate surface area is 362 Å². The summed E-state index contributed by atoms with van der Waals surface area (Å²) in [6, 6.07) is 4.07. The van der Waals surface area contributed by atoms with Crippen LogP contribution in [0.5, 0.6) is 6.01 Å². The van der Waals surface area contributed by atoms with Gasteiger partial charge in [0.25, 0.3) is 11.9 Å². The van der Waals surface area contributed by atoms with E-state index < -0.39 is 73.8 Å². The number of thiazole rings is 1. The first-order valence-electron chi connectivity index (χ1n) is 21.6. The fourth-order valence-corrected chi connectivity index (χ4v) is 10.9. The first-order chi connectivity index (χ1) is 28.6. The molecule has 1 saturated heterocycles. The van der Waals surface area contributed by atoms with Gasteiger partial charge in [0.2, 0.25) is 21.8 Å². The number of para-hydroxylation sites is 1. The molecule has 3 N–H and O–H groups in total. The van der Waals surface area contributed by atoms with E-state index in [1.165, 1.54) is 4.90 Å². The third-order valence-electron chi connectivity index (χ3n) is 12.3. The van der Waals surface area contributed by atoms with Gasteiger partial charge in [0.15, 0.2) is 0 Å². The minimum atomic E-state index is -4.00. The molecule has 15 nitrogen and oxygen atoms in total. The van der Waals surface area contributed by atoms with Crippen molar-refractivity contribution in [1.29, 1.82) is 0 Å². The molecule has 4 amide bonds. The lowest BCUT2D eigenvalue weighted by atomic mass is 10.0. The highest BCUT2D eigenvalue weighted by molar-refractivity contribution is 7.91. The molecule has 332 valence electrons. The van der Waals surface area contributed by atoms with Gasteiger partial charge >= 0.3 is 6.09 Å². The number of amides is 4. The van der Waals surface area contributed by atoms with Crippen molar-refractivity contribution in [3.63, 3.8) is 0 Å². The van der Waals surface area contributed by atoms with E-state index in [-0.39, 0.29) is 31.3 Å². The normalized spacial score (nSPS) is 26.2. The van der Waals surface area contributed by atoms with E-state index in [1.807, 2.05) is 48.8 Å². The summed E-state index contributed by atoms with van der Waals surface area (Å²) in [5.74, 6) is -2.08. The van der Waals surface area contributed by atoms with Crippen LogP contribution in [0.15, 0.2) is 30.4 Å². The SMILES string of the molecule is Cc1sc(-c2cccc3c2nc(O[C@@H]2C[C@H]4C(=O)N[C@]5(C(=O)NS(=O)(=O)C6(C)CC6)C[C@H]5/C=C\CCCCC[C@H](NC(=O)OC(C)(C)C)C(=O)N4C2)n3C(C)C)nc1C(C)C. The second kappa shape index (κ2) is 16.6. The second-order valence-electron chi connectivity index (χ2n) is 19.0. The Morgan fingerprint density at radius 2 is 1.80 bits per heavy atom. The van der Waals surface area contributed by atoms with Crippen LogP contribution in [0.2, 0.25) is 0 Å². The fraction of sp³-hybridized carbons (Fsp3) is 0.636. The maximum atomic E-state index is 14.7. The van der Waals surface area contributed by atoms with Crippen molar-refractivity contribution in [2.75, 3.05) is 6.54 Å². The highest BCUT2D eigenvalue weighted by Crippen LogP contribution is 2.48. The average Bonchev–Trinajstić information content (AvgIpc) is 3.89. The summed E-state index contributed by atoms with van der Waals surface area (Å²) in [7, 11) is -4.00. The zero-order chi connectivity index (χ0) is 44.2. The zero-order valence-corrected chi connectivity index (χ0v) is 38.4. The highest BCUT2D eigenvalue weighted by Gasteiger charge is 2.63. The van der Waals surface area contributed by atoms with Gasteiger partial charge in [-0.15, -0.1) is 11.3 Å².